The van der Waals surface area contributed by atoms with E-state index in [0.717, 1.165) is 38.5 Å². The van der Waals surface area contributed by atoms with Gasteiger partial charge in [-0.1, -0.05) is 103 Å². The van der Waals surface area contributed by atoms with Crippen LogP contribution in [-0.2, 0) is 32.1 Å². The Morgan fingerprint density at radius 2 is 1.51 bits per heavy atom. The minimum Gasteiger partial charge on any atom is -0.341 e. The molecular weight excluding hydrogens is 709 g/mol. The fourth-order valence-electron chi connectivity index (χ4n) is 12.3. The highest BCUT2D eigenvalue weighted by molar-refractivity contribution is 8.00. The van der Waals surface area contributed by atoms with Crippen molar-refractivity contribution in [3.05, 3.63) is 165 Å². The van der Waals surface area contributed by atoms with Crippen molar-refractivity contribution in [3.63, 3.8) is 0 Å². The smallest absolute Gasteiger partial charge is 0.0580 e. The third-order valence-electron chi connectivity index (χ3n) is 14.8. The zero-order valence-corrected chi connectivity index (χ0v) is 34.1. The monoisotopic (exact) mass is 762 g/mol. The minimum absolute atomic E-state index is 0.311. The van der Waals surface area contributed by atoms with Gasteiger partial charge in [-0.15, -0.1) is 11.8 Å². The molecule has 0 saturated heterocycles. The number of fused-ring (bicyclic) bond motifs is 9. The van der Waals surface area contributed by atoms with E-state index in [0.29, 0.717) is 23.1 Å². The van der Waals surface area contributed by atoms with Crippen LogP contribution in [0.15, 0.2) is 125 Å². The Hall–Kier alpha value is -4.47. The van der Waals surface area contributed by atoms with Gasteiger partial charge >= 0.3 is 0 Å². The Kier molecular flexibility index (Phi) is 8.56. The van der Waals surface area contributed by atoms with Gasteiger partial charge in [0.15, 0.2) is 0 Å². The SMILES string of the molecule is C1=CCCC(C2C=C(C3=CC(n4c5c(c6c4CCCC6)CCCC5)CC(n4c5c(c6ccccc64)C=CCC5)=C3)C=C(c3cccc4c3SC3C=CCCC43)C2)=C1. The largest absolute Gasteiger partial charge is 0.341 e. The molecule has 4 atom stereocenters. The maximum absolute atomic E-state index is 2.92. The first kappa shape index (κ1) is 34.6. The zero-order chi connectivity index (χ0) is 37.5. The van der Waals surface area contributed by atoms with Crippen LogP contribution in [0.4, 0.5) is 0 Å². The van der Waals surface area contributed by atoms with Crippen molar-refractivity contribution in [1.29, 1.82) is 0 Å². The summed E-state index contributed by atoms with van der Waals surface area (Å²) in [5, 5.41) is 1.98. The first-order valence-corrected chi connectivity index (χ1v) is 23.3. The Balaban J connectivity index is 1.06. The lowest BCUT2D eigenvalue weighted by Crippen LogP contribution is -2.21. The average molecular weight is 763 g/mol. The molecule has 4 unspecified atom stereocenters. The molecule has 57 heavy (non-hydrogen) atoms. The second-order valence-corrected chi connectivity index (χ2v) is 19.2. The van der Waals surface area contributed by atoms with Gasteiger partial charge in [-0.2, -0.15) is 0 Å². The normalized spacial score (nSPS) is 26.1. The molecule has 0 bridgehead atoms. The van der Waals surface area contributed by atoms with Gasteiger partial charge in [0.05, 0.1) is 11.6 Å². The molecule has 0 N–H and O–H groups in total. The second kappa shape index (κ2) is 14.1. The van der Waals surface area contributed by atoms with Crippen molar-refractivity contribution in [3.8, 4) is 0 Å². The van der Waals surface area contributed by atoms with Gasteiger partial charge in [-0.3, -0.25) is 0 Å². The Morgan fingerprint density at radius 1 is 0.684 bits per heavy atom. The molecule has 0 saturated carbocycles. The predicted octanol–water partition coefficient (Wildman–Crippen LogP) is 13.8. The van der Waals surface area contributed by atoms with Crippen LogP contribution >= 0.6 is 11.8 Å². The van der Waals surface area contributed by atoms with Gasteiger partial charge in [0.1, 0.15) is 0 Å². The lowest BCUT2D eigenvalue weighted by atomic mass is 9.77. The highest BCUT2D eigenvalue weighted by Gasteiger charge is 2.36. The van der Waals surface area contributed by atoms with Gasteiger partial charge in [0.25, 0.3) is 0 Å². The zero-order valence-electron chi connectivity index (χ0n) is 33.3. The van der Waals surface area contributed by atoms with E-state index in [-0.39, 0.29) is 0 Å². The maximum atomic E-state index is 2.92. The summed E-state index contributed by atoms with van der Waals surface area (Å²) >= 11 is 2.14. The van der Waals surface area contributed by atoms with E-state index in [1.165, 1.54) is 114 Å². The highest BCUT2D eigenvalue weighted by atomic mass is 32.2. The molecule has 12 rings (SSSR count). The van der Waals surface area contributed by atoms with Gasteiger partial charge in [0.2, 0.25) is 0 Å². The van der Waals surface area contributed by atoms with Crippen LogP contribution in [0.1, 0.15) is 127 Å². The lowest BCUT2D eigenvalue weighted by Gasteiger charge is -2.32. The van der Waals surface area contributed by atoms with Crippen molar-refractivity contribution in [2.45, 2.75) is 125 Å². The first-order valence-electron chi connectivity index (χ1n) is 22.5. The van der Waals surface area contributed by atoms with E-state index in [1.54, 1.807) is 38.5 Å². The first-order chi connectivity index (χ1) is 28.3. The van der Waals surface area contributed by atoms with Crippen LogP contribution < -0.4 is 0 Å². The number of rotatable bonds is 5. The Bertz CT molecular complexity index is 2550. The molecule has 3 heteroatoms. The molecule has 4 aromatic rings. The fourth-order valence-corrected chi connectivity index (χ4v) is 13.9. The van der Waals surface area contributed by atoms with E-state index in [4.69, 9.17) is 0 Å². The van der Waals surface area contributed by atoms with E-state index in [1.807, 2.05) is 0 Å². The van der Waals surface area contributed by atoms with Gasteiger partial charge in [-0.05, 0) is 147 Å². The fraction of sp³-hybridized carbons (Fsp3) is 0.370. The summed E-state index contributed by atoms with van der Waals surface area (Å²) in [5.74, 6) is 1.06. The summed E-state index contributed by atoms with van der Waals surface area (Å²) in [5.41, 5.74) is 21.7. The highest BCUT2D eigenvalue weighted by Crippen LogP contribution is 2.54. The third kappa shape index (κ3) is 5.73. The summed E-state index contributed by atoms with van der Waals surface area (Å²) in [6.45, 7) is 0. The molecule has 0 radical (unpaired) electrons. The van der Waals surface area contributed by atoms with Crippen LogP contribution in [0.5, 0.6) is 0 Å². The van der Waals surface area contributed by atoms with Crippen molar-refractivity contribution in [2.75, 3.05) is 0 Å². The number of para-hydroxylation sites is 1. The molecule has 2 nitrogen and oxygen atoms in total. The number of aromatic nitrogens is 2. The number of benzene rings is 2. The summed E-state index contributed by atoms with van der Waals surface area (Å²) < 4.78 is 5.64. The van der Waals surface area contributed by atoms with Crippen molar-refractivity contribution in [1.82, 2.24) is 9.13 Å². The molecule has 0 amide bonds. The number of allylic oxidation sites excluding steroid dienone is 14. The number of hydrogen-bond donors (Lipinski definition) is 0. The molecular formula is C54H54N2S. The van der Waals surface area contributed by atoms with E-state index in [9.17, 15) is 0 Å². The molecule has 7 aliphatic carbocycles. The van der Waals surface area contributed by atoms with Crippen LogP contribution in [0.3, 0.4) is 0 Å². The van der Waals surface area contributed by atoms with E-state index >= 15 is 0 Å². The predicted molar refractivity (Wildman–Crippen MR) is 241 cm³/mol. The van der Waals surface area contributed by atoms with Crippen LogP contribution in [0.2, 0.25) is 0 Å². The maximum Gasteiger partial charge on any atom is 0.0580 e. The van der Waals surface area contributed by atoms with Crippen LogP contribution in [0.25, 0.3) is 28.2 Å². The molecule has 2 aromatic carbocycles. The number of thioether (sulfide) groups is 1. The van der Waals surface area contributed by atoms with Crippen molar-refractivity contribution >= 4 is 40.0 Å². The number of hydrogen-bond acceptors (Lipinski definition) is 1. The number of nitrogens with zero attached hydrogens (tertiary/aromatic N) is 2. The molecule has 0 spiro atoms. The Morgan fingerprint density at radius 3 is 2.37 bits per heavy atom. The van der Waals surface area contributed by atoms with Crippen molar-refractivity contribution in [2.24, 2.45) is 5.92 Å². The standard InChI is InChI=1S/C54H54N2S/c1-2-15-35(16-3-1)36-29-37(31-39(30-36)42-22-14-23-48-47-21-8-13-28-53(47)57-54(42)48)38-32-40(55-49-24-9-4-17-43(49)44-18-5-10-25-50(44)55)34-41(33-38)56-51-26-11-6-19-45(51)46-20-7-12-27-52(46)56/h1-2,4-5,9,13-15,17-18,22-24,28-29,31-33,36,41,47,53H,3,6-8,10-12,16,19-21,25-27,30,34H2. The van der Waals surface area contributed by atoms with Gasteiger partial charge in [0, 0.05) is 62.1 Å². The summed E-state index contributed by atoms with van der Waals surface area (Å²) in [4.78, 5) is 1.55. The molecule has 2 aromatic heterocycles. The van der Waals surface area contributed by atoms with Crippen molar-refractivity contribution < 1.29 is 0 Å². The van der Waals surface area contributed by atoms with Gasteiger partial charge < -0.3 is 9.13 Å². The van der Waals surface area contributed by atoms with E-state index in [2.05, 4.69) is 130 Å². The average Bonchev–Trinajstić information content (AvgIpc) is 3.94. The lowest BCUT2D eigenvalue weighted by molar-refractivity contribution is 0.522. The van der Waals surface area contributed by atoms with Gasteiger partial charge in [-0.25, -0.2) is 0 Å². The summed E-state index contributed by atoms with van der Waals surface area (Å²) in [6.07, 6.45) is 47.0. The van der Waals surface area contributed by atoms with Crippen LogP contribution in [0, 0.1) is 5.92 Å². The quantitative estimate of drug-likeness (QED) is 0.184. The van der Waals surface area contributed by atoms with Crippen LogP contribution in [-0.4, -0.2) is 14.4 Å². The molecule has 0 fully saturated rings. The summed E-state index contributed by atoms with van der Waals surface area (Å²) in [7, 11) is 0. The topological polar surface area (TPSA) is 9.86 Å². The molecule has 286 valence electrons. The molecule has 3 heterocycles. The minimum atomic E-state index is 0.311. The molecule has 1 aliphatic heterocycles. The molecule has 8 aliphatic rings. The van der Waals surface area contributed by atoms with E-state index < -0.39 is 0 Å². The second-order valence-electron chi connectivity index (χ2n) is 18.0. The Labute approximate surface area is 343 Å². The third-order valence-corrected chi connectivity index (χ3v) is 16.3. The summed E-state index contributed by atoms with van der Waals surface area (Å²) in [6, 6.07) is 16.8.